The molecule has 0 aliphatic heterocycles. The summed E-state index contributed by atoms with van der Waals surface area (Å²) in [7, 11) is 0. The molecule has 27 heavy (non-hydrogen) atoms. The van der Waals surface area contributed by atoms with Gasteiger partial charge in [-0.3, -0.25) is 0 Å². The summed E-state index contributed by atoms with van der Waals surface area (Å²) < 4.78 is 3.88. The molecule has 2 saturated carbocycles. The molecule has 2 fully saturated rings. The summed E-state index contributed by atoms with van der Waals surface area (Å²) in [6.07, 6.45) is 8.94. The number of rotatable bonds is 5. The Morgan fingerprint density at radius 3 is 1.56 bits per heavy atom. The van der Waals surface area contributed by atoms with Crippen LogP contribution in [0.2, 0.25) is 9.50 Å². The molecular formula is C26H43Ge. The summed E-state index contributed by atoms with van der Waals surface area (Å²) in [5.74, 6) is 5.53. The molecule has 1 radical (unpaired) electrons. The van der Waals surface area contributed by atoms with Crippen molar-refractivity contribution in [1.29, 1.82) is 0 Å². The molecule has 0 N–H and O–H groups in total. The Balaban J connectivity index is 2.02. The van der Waals surface area contributed by atoms with Crippen LogP contribution < -0.4 is 4.40 Å². The number of benzene rings is 1. The van der Waals surface area contributed by atoms with Gasteiger partial charge in [-0.15, -0.1) is 0 Å². The van der Waals surface area contributed by atoms with Crippen molar-refractivity contribution < 1.29 is 0 Å². The second kappa shape index (κ2) is 9.51. The van der Waals surface area contributed by atoms with E-state index in [1.807, 2.05) is 4.40 Å². The minimum absolute atomic E-state index is 0.854. The fourth-order valence-corrected chi connectivity index (χ4v) is 17.6. The van der Waals surface area contributed by atoms with Crippen LogP contribution in [0.4, 0.5) is 0 Å². The molecule has 0 bridgehead atoms. The third-order valence-electron chi connectivity index (χ3n) is 7.95. The second-order valence-corrected chi connectivity index (χ2v) is 16.9. The van der Waals surface area contributed by atoms with Crippen LogP contribution in [-0.2, 0) is 0 Å². The van der Waals surface area contributed by atoms with E-state index in [2.05, 4.69) is 71.9 Å². The van der Waals surface area contributed by atoms with Crippen LogP contribution in [0, 0.1) is 35.5 Å². The van der Waals surface area contributed by atoms with Crippen molar-refractivity contribution in [2.45, 2.75) is 89.6 Å². The molecule has 1 heteroatoms. The van der Waals surface area contributed by atoms with Crippen molar-refractivity contribution in [1.82, 2.24) is 0 Å². The summed E-state index contributed by atoms with van der Waals surface area (Å²) >= 11 is -1.42. The van der Waals surface area contributed by atoms with E-state index in [0.717, 1.165) is 45.0 Å². The summed E-state index contributed by atoms with van der Waals surface area (Å²) in [5, 5.41) is 0. The van der Waals surface area contributed by atoms with E-state index >= 15 is 0 Å². The van der Waals surface area contributed by atoms with Crippen molar-refractivity contribution in [2.75, 3.05) is 0 Å². The molecule has 2 aliphatic carbocycles. The van der Waals surface area contributed by atoms with E-state index in [1.165, 1.54) is 38.5 Å². The Morgan fingerprint density at radius 2 is 1.15 bits per heavy atom. The van der Waals surface area contributed by atoms with Gasteiger partial charge >= 0.3 is 174 Å². The molecule has 151 valence electrons. The van der Waals surface area contributed by atoms with Gasteiger partial charge in [0.2, 0.25) is 0 Å². The third kappa shape index (κ3) is 5.03. The fraction of sp³-hybridized carbons (Fsp3) is 0.769. The van der Waals surface area contributed by atoms with Gasteiger partial charge < -0.3 is 0 Å². The van der Waals surface area contributed by atoms with Crippen molar-refractivity contribution in [3.63, 3.8) is 0 Å². The van der Waals surface area contributed by atoms with Gasteiger partial charge in [0.05, 0.1) is 0 Å². The molecule has 2 aliphatic rings. The van der Waals surface area contributed by atoms with E-state index in [4.69, 9.17) is 0 Å². The molecule has 0 saturated heterocycles. The summed E-state index contributed by atoms with van der Waals surface area (Å²) in [6.45, 7) is 15.1. The topological polar surface area (TPSA) is 0 Å². The molecule has 0 aromatic heterocycles. The first-order chi connectivity index (χ1) is 12.9. The van der Waals surface area contributed by atoms with Crippen molar-refractivity contribution >= 4 is 18.7 Å². The molecule has 0 unspecified atom stereocenters. The van der Waals surface area contributed by atoms with Crippen LogP contribution in [0.5, 0.6) is 0 Å². The fourth-order valence-electron chi connectivity index (χ4n) is 6.45. The van der Waals surface area contributed by atoms with Crippen LogP contribution in [0.15, 0.2) is 30.3 Å². The monoisotopic (exact) mass is 429 g/mol. The first-order valence-corrected chi connectivity index (χ1v) is 15.3. The normalized spacial score (nSPS) is 35.1. The Hall–Kier alpha value is -0.237. The van der Waals surface area contributed by atoms with E-state index in [9.17, 15) is 0 Å². The van der Waals surface area contributed by atoms with Crippen LogP contribution >= 0.6 is 0 Å². The average Bonchev–Trinajstić information content (AvgIpc) is 2.62. The van der Waals surface area contributed by atoms with Gasteiger partial charge in [0.15, 0.2) is 0 Å². The zero-order chi connectivity index (χ0) is 19.6. The average molecular weight is 428 g/mol. The first kappa shape index (κ1) is 21.5. The number of hydrogen-bond donors (Lipinski definition) is 0. The maximum absolute atomic E-state index is 2.54. The predicted octanol–water partition coefficient (Wildman–Crippen LogP) is 7.31. The summed E-state index contributed by atoms with van der Waals surface area (Å²) in [5.41, 5.74) is 0. The molecule has 0 nitrogen and oxygen atoms in total. The van der Waals surface area contributed by atoms with Crippen molar-refractivity contribution in [3.05, 3.63) is 30.3 Å². The van der Waals surface area contributed by atoms with Gasteiger partial charge in [0.1, 0.15) is 0 Å². The van der Waals surface area contributed by atoms with E-state index in [0.29, 0.717) is 0 Å². The number of hydrogen-bond acceptors (Lipinski definition) is 0. The molecule has 1 aromatic rings. The third-order valence-corrected chi connectivity index (χ3v) is 16.2. The molecule has 6 atom stereocenters. The summed E-state index contributed by atoms with van der Waals surface area (Å²) in [6, 6.07) is 11.9. The van der Waals surface area contributed by atoms with Gasteiger partial charge in [-0.05, 0) is 0 Å². The molecule has 1 aromatic carbocycles. The van der Waals surface area contributed by atoms with Gasteiger partial charge in [-0.25, -0.2) is 0 Å². The van der Waals surface area contributed by atoms with Gasteiger partial charge in [-0.2, -0.15) is 0 Å². The van der Waals surface area contributed by atoms with Crippen LogP contribution in [0.3, 0.4) is 0 Å². The Morgan fingerprint density at radius 1 is 0.704 bits per heavy atom. The molecule has 0 heterocycles. The van der Waals surface area contributed by atoms with Crippen LogP contribution in [-0.4, -0.2) is 14.3 Å². The Labute approximate surface area is 174 Å². The Kier molecular flexibility index (Phi) is 7.56. The standard InChI is InChI=1S/C26H43Ge/c1-18(2)23-14-12-20(5)16-25(23)27(22-10-8-7-9-11-22)26-17-21(6)13-15-24(26)19(3)4/h7-11,18-21,23-26H,12-17H2,1-6H3/t20-,21-,23-,24+,25-,26-/m1/s1. The quantitative estimate of drug-likeness (QED) is 0.432. The Bertz CT molecular complexity index is 531. The van der Waals surface area contributed by atoms with Gasteiger partial charge in [0, 0.05) is 0 Å². The molecule has 3 rings (SSSR count). The van der Waals surface area contributed by atoms with Gasteiger partial charge in [-0.1, -0.05) is 0 Å². The van der Waals surface area contributed by atoms with Gasteiger partial charge in [0.25, 0.3) is 0 Å². The second-order valence-electron chi connectivity index (χ2n) is 10.7. The van der Waals surface area contributed by atoms with E-state index in [-0.39, 0.29) is 0 Å². The molecular weight excluding hydrogens is 385 g/mol. The zero-order valence-electron chi connectivity index (χ0n) is 18.7. The summed E-state index contributed by atoms with van der Waals surface area (Å²) in [4.78, 5) is 0. The van der Waals surface area contributed by atoms with E-state index < -0.39 is 14.3 Å². The maximum atomic E-state index is 2.54. The van der Waals surface area contributed by atoms with Crippen molar-refractivity contribution in [3.8, 4) is 0 Å². The molecule has 0 amide bonds. The van der Waals surface area contributed by atoms with E-state index in [1.54, 1.807) is 0 Å². The van der Waals surface area contributed by atoms with Crippen LogP contribution in [0.1, 0.15) is 80.1 Å². The zero-order valence-corrected chi connectivity index (χ0v) is 20.8. The predicted molar refractivity (Wildman–Crippen MR) is 122 cm³/mol. The van der Waals surface area contributed by atoms with Crippen LogP contribution in [0.25, 0.3) is 0 Å². The molecule has 0 spiro atoms. The minimum atomic E-state index is -1.42. The van der Waals surface area contributed by atoms with Crippen molar-refractivity contribution in [2.24, 2.45) is 35.5 Å². The SMILES string of the molecule is CC(C)[C@H]1CC[C@@H](C)C[C@H]1[Ge]([c]1ccccc1)[C@@H]1C[C@H](C)CC[C@H]1C(C)C. The first-order valence-electron chi connectivity index (χ1n) is 11.8.